The van der Waals surface area contributed by atoms with Crippen LogP contribution in [0.2, 0.25) is 0 Å². The Morgan fingerprint density at radius 2 is 2.11 bits per heavy atom. The van der Waals surface area contributed by atoms with Gasteiger partial charge in [0.25, 0.3) is 5.91 Å². The molecule has 2 aromatic carbocycles. The summed E-state index contributed by atoms with van der Waals surface area (Å²) in [7, 11) is 2.10. The number of aromatic nitrogens is 2. The number of aromatic amines is 1. The second kappa shape index (κ2) is 9.64. The third-order valence-corrected chi connectivity index (χ3v) is 8.30. The maximum Gasteiger partial charge on any atom is 0.251 e. The monoisotopic (exact) mass is 488 g/mol. The summed E-state index contributed by atoms with van der Waals surface area (Å²) in [6.07, 6.45) is 3.93. The number of likely N-dealkylation sites (tertiary alicyclic amines) is 1. The Morgan fingerprint density at radius 3 is 2.89 bits per heavy atom. The average Bonchev–Trinajstić information content (AvgIpc) is 3.23. The number of carbonyl (C=O) groups excluding carboxylic acids is 1. The van der Waals surface area contributed by atoms with Crippen LogP contribution in [0, 0.1) is 13.8 Å². The molecule has 5 rings (SSSR count). The van der Waals surface area contributed by atoms with Crippen LogP contribution in [0.1, 0.15) is 41.3 Å². The van der Waals surface area contributed by atoms with E-state index in [9.17, 15) is 9.35 Å². The van der Waals surface area contributed by atoms with Crippen LogP contribution in [-0.4, -0.2) is 57.3 Å². The lowest BCUT2D eigenvalue weighted by molar-refractivity contribution is 0.0912. The minimum Gasteiger partial charge on any atom is -0.611 e. The van der Waals surface area contributed by atoms with Gasteiger partial charge in [-0.2, -0.15) is 0 Å². The van der Waals surface area contributed by atoms with Crippen molar-refractivity contribution in [2.75, 3.05) is 25.9 Å². The van der Waals surface area contributed by atoms with Crippen LogP contribution in [0.25, 0.3) is 33.1 Å². The first-order chi connectivity index (χ1) is 16.9. The normalized spacial score (nSPS) is 17.7. The van der Waals surface area contributed by atoms with Gasteiger partial charge >= 0.3 is 0 Å². The number of amides is 1. The van der Waals surface area contributed by atoms with Gasteiger partial charge in [0.05, 0.1) is 5.52 Å². The van der Waals surface area contributed by atoms with Crippen molar-refractivity contribution in [3.8, 4) is 11.1 Å². The number of hydrogen-bond donors (Lipinski definition) is 2. The van der Waals surface area contributed by atoms with Crippen molar-refractivity contribution in [1.29, 1.82) is 0 Å². The van der Waals surface area contributed by atoms with E-state index in [1.165, 1.54) is 0 Å². The number of aryl methyl sites for hydroxylation is 2. The maximum atomic E-state index is 13.6. The minimum absolute atomic E-state index is 0.0537. The standard InChI is InChI=1S/C28H32N4O2S/c1-5-35(34)21-10-6-8-19(13-21)23-14-22(28(33)30-20-9-7-11-32(4)16-20)18(3)26-25(23)24-12-17(2)15-29-27(24)31-26/h6,8,10,12-15,20H,5,7,9,11,16H2,1-4H3,(H,29,31)(H,30,33). The molecule has 2 unspecified atom stereocenters. The summed E-state index contributed by atoms with van der Waals surface area (Å²) >= 11 is -1.06. The van der Waals surface area contributed by atoms with Crippen LogP contribution in [-0.2, 0) is 11.2 Å². The lowest BCUT2D eigenvalue weighted by Gasteiger charge is -2.30. The number of likely N-dealkylation sites (N-methyl/N-ethyl adjacent to an activating group) is 1. The van der Waals surface area contributed by atoms with Crippen molar-refractivity contribution in [2.45, 2.75) is 44.6 Å². The molecular weight excluding hydrogens is 456 g/mol. The number of carbonyl (C=O) groups is 1. The smallest absolute Gasteiger partial charge is 0.251 e. The topological polar surface area (TPSA) is 84.1 Å². The summed E-state index contributed by atoms with van der Waals surface area (Å²) in [5.74, 6) is 0.508. The Morgan fingerprint density at radius 1 is 1.29 bits per heavy atom. The van der Waals surface area contributed by atoms with Crippen LogP contribution in [0.3, 0.4) is 0 Å². The van der Waals surface area contributed by atoms with E-state index < -0.39 is 11.2 Å². The van der Waals surface area contributed by atoms with Gasteiger partial charge in [-0.15, -0.1) is 0 Å². The number of hydrogen-bond acceptors (Lipinski definition) is 4. The molecule has 1 amide bonds. The van der Waals surface area contributed by atoms with Gasteiger partial charge in [-0.05, 0) is 98.8 Å². The second-order valence-corrected chi connectivity index (χ2v) is 11.4. The van der Waals surface area contributed by atoms with E-state index in [0.717, 1.165) is 75.0 Å². The lowest BCUT2D eigenvalue weighted by Crippen LogP contribution is -2.46. The molecular formula is C28H32N4O2S. The number of benzene rings is 2. The number of pyridine rings is 1. The SMILES string of the molecule is CC[S+]([O-])c1cccc(-c2cc(C(=O)NC3CCCN(C)C3)c(C)c3[nH]c4ncc(C)cc4c23)c1. The fourth-order valence-corrected chi connectivity index (χ4v) is 6.00. The zero-order chi connectivity index (χ0) is 24.7. The minimum atomic E-state index is -1.06. The van der Waals surface area contributed by atoms with Crippen LogP contribution in [0.4, 0.5) is 0 Å². The van der Waals surface area contributed by atoms with E-state index in [1.807, 2.05) is 57.3 Å². The number of nitrogens with zero attached hydrogens (tertiary/aromatic N) is 2. The molecule has 2 atom stereocenters. The Balaban J connectivity index is 1.69. The van der Waals surface area contributed by atoms with Crippen molar-refractivity contribution in [1.82, 2.24) is 20.2 Å². The Kier molecular flexibility index (Phi) is 6.57. The number of rotatable bonds is 5. The van der Waals surface area contributed by atoms with Crippen molar-refractivity contribution in [3.63, 3.8) is 0 Å². The van der Waals surface area contributed by atoms with E-state index >= 15 is 0 Å². The van der Waals surface area contributed by atoms with Gasteiger partial charge < -0.3 is 19.8 Å². The molecule has 1 aliphatic heterocycles. The van der Waals surface area contributed by atoms with Gasteiger partial charge in [0.2, 0.25) is 0 Å². The molecule has 1 saturated heterocycles. The molecule has 4 aromatic rings. The molecule has 182 valence electrons. The highest BCUT2D eigenvalue weighted by atomic mass is 32.2. The number of piperidine rings is 1. The van der Waals surface area contributed by atoms with Crippen LogP contribution >= 0.6 is 0 Å². The average molecular weight is 489 g/mol. The number of H-pyrrole nitrogens is 1. The predicted octanol–water partition coefficient (Wildman–Crippen LogP) is 4.95. The summed E-state index contributed by atoms with van der Waals surface area (Å²) in [6, 6.07) is 12.1. The van der Waals surface area contributed by atoms with Crippen molar-refractivity contribution in [3.05, 3.63) is 59.3 Å². The predicted molar refractivity (Wildman–Crippen MR) is 143 cm³/mol. The molecule has 0 saturated carbocycles. The molecule has 0 bridgehead atoms. The zero-order valence-corrected chi connectivity index (χ0v) is 21.6. The molecule has 2 aromatic heterocycles. The maximum absolute atomic E-state index is 13.6. The first-order valence-corrected chi connectivity index (χ1v) is 13.6. The third kappa shape index (κ3) is 4.56. The van der Waals surface area contributed by atoms with Crippen molar-refractivity contribution < 1.29 is 9.35 Å². The Hall–Kier alpha value is -2.87. The Bertz CT molecular complexity index is 1410. The van der Waals surface area contributed by atoms with Gasteiger partial charge in [0, 0.05) is 41.2 Å². The van der Waals surface area contributed by atoms with Gasteiger partial charge in [-0.3, -0.25) is 4.79 Å². The fraction of sp³-hybridized carbons (Fsp3) is 0.357. The summed E-state index contributed by atoms with van der Waals surface area (Å²) in [5.41, 5.74) is 6.26. The molecule has 6 nitrogen and oxygen atoms in total. The van der Waals surface area contributed by atoms with Crippen molar-refractivity contribution >= 4 is 39.0 Å². The highest BCUT2D eigenvalue weighted by molar-refractivity contribution is 7.91. The van der Waals surface area contributed by atoms with Crippen LogP contribution in [0.15, 0.2) is 47.5 Å². The summed E-state index contributed by atoms with van der Waals surface area (Å²) in [4.78, 5) is 24.7. The van der Waals surface area contributed by atoms with E-state index in [4.69, 9.17) is 0 Å². The van der Waals surface area contributed by atoms with Crippen molar-refractivity contribution in [2.24, 2.45) is 0 Å². The molecule has 0 spiro atoms. The second-order valence-electron chi connectivity index (χ2n) is 9.62. The van der Waals surface area contributed by atoms with Gasteiger partial charge in [0.1, 0.15) is 11.4 Å². The first kappa shape index (κ1) is 23.9. The lowest BCUT2D eigenvalue weighted by atomic mass is 9.93. The summed E-state index contributed by atoms with van der Waals surface area (Å²) < 4.78 is 12.6. The third-order valence-electron chi connectivity index (χ3n) is 7.00. The van der Waals surface area contributed by atoms with E-state index in [-0.39, 0.29) is 11.9 Å². The van der Waals surface area contributed by atoms with E-state index in [0.29, 0.717) is 11.3 Å². The Labute approximate surface area is 209 Å². The fourth-order valence-electron chi connectivity index (χ4n) is 5.18. The van der Waals surface area contributed by atoms with Gasteiger partial charge in [0.15, 0.2) is 4.90 Å². The van der Waals surface area contributed by atoms with Crippen LogP contribution < -0.4 is 5.32 Å². The first-order valence-electron chi connectivity index (χ1n) is 12.3. The molecule has 1 fully saturated rings. The highest BCUT2D eigenvalue weighted by Crippen LogP contribution is 2.38. The van der Waals surface area contributed by atoms with Gasteiger partial charge in [-0.1, -0.05) is 12.1 Å². The quantitative estimate of drug-likeness (QED) is 0.389. The molecule has 7 heteroatoms. The zero-order valence-electron chi connectivity index (χ0n) is 20.8. The van der Waals surface area contributed by atoms with Gasteiger partial charge in [-0.25, -0.2) is 4.98 Å². The molecule has 2 N–H and O–H groups in total. The van der Waals surface area contributed by atoms with E-state index in [2.05, 4.69) is 33.3 Å². The summed E-state index contributed by atoms with van der Waals surface area (Å²) in [6.45, 7) is 7.88. The molecule has 1 aliphatic rings. The van der Waals surface area contributed by atoms with E-state index in [1.54, 1.807) is 0 Å². The van der Waals surface area contributed by atoms with Crippen LogP contribution in [0.5, 0.6) is 0 Å². The summed E-state index contributed by atoms with van der Waals surface area (Å²) in [5, 5.41) is 5.34. The molecule has 0 radical (unpaired) electrons. The number of fused-ring (bicyclic) bond motifs is 3. The molecule has 0 aliphatic carbocycles. The molecule has 3 heterocycles. The highest BCUT2D eigenvalue weighted by Gasteiger charge is 2.24. The molecule has 35 heavy (non-hydrogen) atoms. The largest absolute Gasteiger partial charge is 0.611 e. The number of nitrogens with one attached hydrogen (secondary N) is 2.